The lowest BCUT2D eigenvalue weighted by molar-refractivity contribution is 0.167. The van der Waals surface area contributed by atoms with Gasteiger partial charge >= 0.3 is 0 Å². The van der Waals surface area contributed by atoms with E-state index < -0.39 is 6.10 Å². The van der Waals surface area contributed by atoms with E-state index in [4.69, 9.17) is 0 Å². The number of aromatic nitrogens is 5. The van der Waals surface area contributed by atoms with Crippen LogP contribution in [-0.2, 0) is 13.5 Å². The molecule has 0 saturated carbocycles. The van der Waals surface area contributed by atoms with Gasteiger partial charge in [-0.1, -0.05) is 5.21 Å². The number of hydrogen-bond acceptors (Lipinski definition) is 5. The predicted molar refractivity (Wildman–Crippen MR) is 56.4 cm³/mol. The maximum Gasteiger partial charge on any atom is 0.157 e. The van der Waals surface area contributed by atoms with Gasteiger partial charge in [-0.15, -0.1) is 5.10 Å². The minimum absolute atomic E-state index is 0.372. The van der Waals surface area contributed by atoms with Crippen LogP contribution in [0.3, 0.4) is 0 Å². The van der Waals surface area contributed by atoms with Crippen molar-refractivity contribution in [3.8, 4) is 0 Å². The third kappa shape index (κ3) is 2.40. The molecule has 0 aliphatic carbocycles. The van der Waals surface area contributed by atoms with Crippen LogP contribution in [0.2, 0.25) is 0 Å². The fraction of sp³-hybridized carbons (Fsp3) is 0.400. The van der Waals surface area contributed by atoms with Gasteiger partial charge in [-0.3, -0.25) is 4.68 Å². The topological polar surface area (TPSA) is 76.7 Å². The first-order chi connectivity index (χ1) is 7.65. The largest absolute Gasteiger partial charge is 0.385 e. The van der Waals surface area contributed by atoms with Gasteiger partial charge in [0.15, 0.2) is 5.82 Å². The molecule has 0 amide bonds. The number of nitrogens with zero attached hydrogens (tertiary/aromatic N) is 5. The summed E-state index contributed by atoms with van der Waals surface area (Å²) in [6.07, 6.45) is 4.76. The molecule has 0 saturated heterocycles. The average Bonchev–Trinajstić information content (AvgIpc) is 2.65. The highest BCUT2D eigenvalue weighted by atomic mass is 16.3. The Balaban J connectivity index is 2.08. The number of rotatable bonds is 3. The minimum Gasteiger partial charge on any atom is -0.385 e. The summed E-state index contributed by atoms with van der Waals surface area (Å²) < 4.78 is 1.60. The average molecular weight is 219 g/mol. The highest BCUT2D eigenvalue weighted by molar-refractivity contribution is 5.05. The van der Waals surface area contributed by atoms with E-state index in [-0.39, 0.29) is 0 Å². The summed E-state index contributed by atoms with van der Waals surface area (Å²) in [6.45, 7) is 1.90. The van der Waals surface area contributed by atoms with Crippen molar-refractivity contribution in [2.75, 3.05) is 0 Å². The molecule has 1 unspecified atom stereocenters. The first kappa shape index (κ1) is 10.7. The molecule has 2 heterocycles. The molecule has 0 spiro atoms. The molecule has 16 heavy (non-hydrogen) atoms. The van der Waals surface area contributed by atoms with Gasteiger partial charge < -0.3 is 5.11 Å². The van der Waals surface area contributed by atoms with Crippen molar-refractivity contribution in [3.05, 3.63) is 35.7 Å². The smallest absolute Gasteiger partial charge is 0.157 e. The molecule has 2 rings (SSSR count). The van der Waals surface area contributed by atoms with Crippen molar-refractivity contribution in [1.29, 1.82) is 0 Å². The van der Waals surface area contributed by atoms with E-state index in [1.165, 1.54) is 0 Å². The summed E-state index contributed by atoms with van der Waals surface area (Å²) in [4.78, 5) is 8.13. The zero-order valence-corrected chi connectivity index (χ0v) is 9.20. The molecule has 2 aromatic heterocycles. The van der Waals surface area contributed by atoms with Gasteiger partial charge in [0, 0.05) is 32.1 Å². The van der Waals surface area contributed by atoms with Crippen molar-refractivity contribution in [1.82, 2.24) is 25.0 Å². The zero-order chi connectivity index (χ0) is 11.5. The lowest BCUT2D eigenvalue weighted by Gasteiger charge is -2.06. The molecule has 6 nitrogen and oxygen atoms in total. The Labute approximate surface area is 93.0 Å². The van der Waals surface area contributed by atoms with Crippen LogP contribution in [0.15, 0.2) is 18.6 Å². The molecule has 0 fully saturated rings. The van der Waals surface area contributed by atoms with Crippen molar-refractivity contribution in [2.45, 2.75) is 19.4 Å². The Morgan fingerprint density at radius 2 is 2.06 bits per heavy atom. The molecule has 1 atom stereocenters. The molecule has 0 aliphatic heterocycles. The summed E-state index contributed by atoms with van der Waals surface area (Å²) in [5, 5.41) is 17.6. The molecule has 84 valence electrons. The summed E-state index contributed by atoms with van der Waals surface area (Å²) in [6, 6.07) is 0. The Morgan fingerprint density at radius 3 is 2.62 bits per heavy atom. The van der Waals surface area contributed by atoms with Gasteiger partial charge in [0.1, 0.15) is 6.10 Å². The van der Waals surface area contributed by atoms with Gasteiger partial charge in [-0.2, -0.15) is 0 Å². The molecule has 0 radical (unpaired) electrons. The van der Waals surface area contributed by atoms with Gasteiger partial charge in [0.2, 0.25) is 0 Å². The Hall–Kier alpha value is -1.82. The Morgan fingerprint density at radius 1 is 1.38 bits per heavy atom. The Bertz CT molecular complexity index is 464. The van der Waals surface area contributed by atoms with Crippen LogP contribution in [0.1, 0.15) is 23.2 Å². The normalized spacial score (nSPS) is 12.7. The van der Waals surface area contributed by atoms with E-state index in [0.717, 1.165) is 11.3 Å². The summed E-state index contributed by atoms with van der Waals surface area (Å²) in [5.41, 5.74) is 1.69. The lowest BCUT2D eigenvalue weighted by atomic mass is 10.2. The first-order valence-electron chi connectivity index (χ1n) is 4.97. The molecule has 0 bridgehead atoms. The van der Waals surface area contributed by atoms with Crippen LogP contribution in [-0.4, -0.2) is 30.1 Å². The third-order valence-electron chi connectivity index (χ3n) is 2.15. The Kier molecular flexibility index (Phi) is 2.91. The molecule has 0 aromatic carbocycles. The van der Waals surface area contributed by atoms with Gasteiger partial charge in [-0.25, -0.2) is 9.97 Å². The van der Waals surface area contributed by atoms with Crippen LogP contribution in [0.4, 0.5) is 0 Å². The molecule has 6 heteroatoms. The van der Waals surface area contributed by atoms with Gasteiger partial charge in [0.05, 0.1) is 5.69 Å². The summed E-state index contributed by atoms with van der Waals surface area (Å²) >= 11 is 0. The first-order valence-corrected chi connectivity index (χ1v) is 4.97. The van der Waals surface area contributed by atoms with Crippen LogP contribution >= 0.6 is 0 Å². The number of aliphatic hydroxyl groups is 1. The number of hydrogen-bond donors (Lipinski definition) is 1. The minimum atomic E-state index is -0.739. The van der Waals surface area contributed by atoms with E-state index in [1.54, 1.807) is 30.3 Å². The monoisotopic (exact) mass is 219 g/mol. The van der Waals surface area contributed by atoms with Crippen molar-refractivity contribution in [3.63, 3.8) is 0 Å². The van der Waals surface area contributed by atoms with Crippen molar-refractivity contribution in [2.24, 2.45) is 7.05 Å². The fourth-order valence-corrected chi connectivity index (χ4v) is 1.35. The maximum absolute atomic E-state index is 9.87. The summed E-state index contributed by atoms with van der Waals surface area (Å²) in [7, 11) is 1.78. The van der Waals surface area contributed by atoms with Crippen molar-refractivity contribution >= 4 is 0 Å². The quantitative estimate of drug-likeness (QED) is 0.797. The van der Waals surface area contributed by atoms with E-state index in [2.05, 4.69) is 20.3 Å². The SMILES string of the molecule is Cc1cnc(C(O)Cc2cn(C)nn2)nc1. The summed E-state index contributed by atoms with van der Waals surface area (Å²) in [5.74, 6) is 0.413. The second-order valence-electron chi connectivity index (χ2n) is 3.72. The van der Waals surface area contributed by atoms with Gasteiger partial charge in [0.25, 0.3) is 0 Å². The second-order valence-corrected chi connectivity index (χ2v) is 3.72. The predicted octanol–water partition coefficient (Wildman–Crippen LogP) is 0.190. The fourth-order valence-electron chi connectivity index (χ4n) is 1.35. The van der Waals surface area contributed by atoms with Crippen LogP contribution in [0.25, 0.3) is 0 Å². The van der Waals surface area contributed by atoms with E-state index >= 15 is 0 Å². The zero-order valence-electron chi connectivity index (χ0n) is 9.20. The number of aryl methyl sites for hydroxylation is 2. The van der Waals surface area contributed by atoms with Crippen LogP contribution in [0.5, 0.6) is 0 Å². The third-order valence-corrected chi connectivity index (χ3v) is 2.15. The second kappa shape index (κ2) is 4.36. The molecular weight excluding hydrogens is 206 g/mol. The molecule has 2 aromatic rings. The highest BCUT2D eigenvalue weighted by Crippen LogP contribution is 2.12. The van der Waals surface area contributed by atoms with E-state index in [9.17, 15) is 5.11 Å². The highest BCUT2D eigenvalue weighted by Gasteiger charge is 2.13. The molecule has 0 aliphatic rings. The van der Waals surface area contributed by atoms with E-state index in [0.29, 0.717) is 12.2 Å². The van der Waals surface area contributed by atoms with Crippen molar-refractivity contribution < 1.29 is 5.11 Å². The molecule has 1 N–H and O–H groups in total. The standard InChI is InChI=1S/C10H13N5O/c1-7-4-11-10(12-5-7)9(16)3-8-6-15(2)14-13-8/h4-6,9,16H,3H2,1-2H3. The number of aliphatic hydroxyl groups excluding tert-OH is 1. The lowest BCUT2D eigenvalue weighted by Crippen LogP contribution is -2.07. The van der Waals surface area contributed by atoms with Crippen LogP contribution in [0, 0.1) is 6.92 Å². The maximum atomic E-state index is 9.87. The van der Waals surface area contributed by atoms with E-state index in [1.807, 2.05) is 6.92 Å². The molecular formula is C10H13N5O. The van der Waals surface area contributed by atoms with Gasteiger partial charge in [-0.05, 0) is 12.5 Å². The van der Waals surface area contributed by atoms with Crippen LogP contribution < -0.4 is 0 Å².